The lowest BCUT2D eigenvalue weighted by atomic mass is 10.0. The molecule has 2 aromatic rings. The standard InChI is InChI=1S/C16H19Cl2NO2/c1-3-9-19-16(12-5-4-6-13(17)15(12)18)14-8-7-11(21-14)10-20-2/h4-8,16,19H,3,9-10H2,1-2H3. The van der Waals surface area contributed by atoms with Gasteiger partial charge in [-0.2, -0.15) is 0 Å². The average molecular weight is 328 g/mol. The Hall–Kier alpha value is -1.000. The zero-order chi connectivity index (χ0) is 15.2. The molecule has 1 unspecified atom stereocenters. The monoisotopic (exact) mass is 327 g/mol. The molecule has 0 fully saturated rings. The number of methoxy groups -OCH3 is 1. The number of benzene rings is 1. The van der Waals surface area contributed by atoms with E-state index >= 15 is 0 Å². The zero-order valence-electron chi connectivity index (χ0n) is 12.2. The molecule has 0 saturated carbocycles. The van der Waals surface area contributed by atoms with Crippen molar-refractivity contribution in [1.29, 1.82) is 0 Å². The van der Waals surface area contributed by atoms with E-state index in [1.807, 2.05) is 24.3 Å². The molecule has 0 aliphatic rings. The van der Waals surface area contributed by atoms with E-state index < -0.39 is 0 Å². The largest absolute Gasteiger partial charge is 0.462 e. The van der Waals surface area contributed by atoms with Crippen LogP contribution in [0.15, 0.2) is 34.7 Å². The Bertz CT molecular complexity index is 583. The van der Waals surface area contributed by atoms with E-state index in [9.17, 15) is 0 Å². The van der Waals surface area contributed by atoms with Gasteiger partial charge in [-0.25, -0.2) is 0 Å². The van der Waals surface area contributed by atoms with Crippen LogP contribution in [-0.4, -0.2) is 13.7 Å². The number of ether oxygens (including phenoxy) is 1. The molecule has 1 atom stereocenters. The summed E-state index contributed by atoms with van der Waals surface area (Å²) < 4.78 is 10.9. The molecule has 0 aliphatic heterocycles. The van der Waals surface area contributed by atoms with E-state index in [-0.39, 0.29) is 6.04 Å². The molecule has 0 saturated heterocycles. The highest BCUT2D eigenvalue weighted by Crippen LogP contribution is 2.33. The van der Waals surface area contributed by atoms with Crippen LogP contribution in [0.4, 0.5) is 0 Å². The molecule has 1 N–H and O–H groups in total. The smallest absolute Gasteiger partial charge is 0.129 e. The van der Waals surface area contributed by atoms with Crippen LogP contribution in [0.2, 0.25) is 10.0 Å². The topological polar surface area (TPSA) is 34.4 Å². The highest BCUT2D eigenvalue weighted by molar-refractivity contribution is 6.42. The van der Waals surface area contributed by atoms with Gasteiger partial charge in [0.25, 0.3) is 0 Å². The van der Waals surface area contributed by atoms with Crippen LogP contribution in [0.5, 0.6) is 0 Å². The minimum Gasteiger partial charge on any atom is -0.462 e. The summed E-state index contributed by atoms with van der Waals surface area (Å²) in [6.45, 7) is 3.42. The van der Waals surface area contributed by atoms with Crippen LogP contribution in [0.25, 0.3) is 0 Å². The SMILES string of the molecule is CCCNC(c1ccc(COC)o1)c1cccc(Cl)c1Cl. The van der Waals surface area contributed by atoms with E-state index in [0.29, 0.717) is 16.7 Å². The first kappa shape index (κ1) is 16.4. The maximum Gasteiger partial charge on any atom is 0.129 e. The van der Waals surface area contributed by atoms with Gasteiger partial charge in [0.15, 0.2) is 0 Å². The van der Waals surface area contributed by atoms with Crippen LogP contribution in [-0.2, 0) is 11.3 Å². The summed E-state index contributed by atoms with van der Waals surface area (Å²) in [5.74, 6) is 1.59. The fourth-order valence-electron chi connectivity index (χ4n) is 2.17. The lowest BCUT2D eigenvalue weighted by Gasteiger charge is -2.18. The van der Waals surface area contributed by atoms with E-state index in [1.54, 1.807) is 13.2 Å². The third kappa shape index (κ3) is 4.01. The number of hydrogen-bond acceptors (Lipinski definition) is 3. The first-order valence-electron chi connectivity index (χ1n) is 6.92. The van der Waals surface area contributed by atoms with E-state index in [2.05, 4.69) is 12.2 Å². The molecule has 5 heteroatoms. The Balaban J connectivity index is 2.34. The molecule has 1 aromatic heterocycles. The zero-order valence-corrected chi connectivity index (χ0v) is 13.7. The third-order valence-corrected chi connectivity index (χ3v) is 3.98. The first-order valence-corrected chi connectivity index (χ1v) is 7.67. The molecule has 0 spiro atoms. The predicted octanol–water partition coefficient (Wildman–Crippen LogP) is 4.82. The predicted molar refractivity (Wildman–Crippen MR) is 86.0 cm³/mol. The molecule has 0 radical (unpaired) electrons. The quantitative estimate of drug-likeness (QED) is 0.791. The van der Waals surface area contributed by atoms with Gasteiger partial charge >= 0.3 is 0 Å². The lowest BCUT2D eigenvalue weighted by Crippen LogP contribution is -2.23. The van der Waals surface area contributed by atoms with Crippen LogP contribution in [0, 0.1) is 0 Å². The third-order valence-electron chi connectivity index (χ3n) is 3.14. The summed E-state index contributed by atoms with van der Waals surface area (Å²) in [5, 5.41) is 4.54. The Kier molecular flexibility index (Phi) is 6.12. The van der Waals surface area contributed by atoms with Crippen molar-refractivity contribution in [3.05, 3.63) is 57.5 Å². The van der Waals surface area contributed by atoms with Crippen molar-refractivity contribution in [3.8, 4) is 0 Å². The number of halogens is 2. The second-order valence-corrected chi connectivity index (χ2v) is 5.55. The highest BCUT2D eigenvalue weighted by atomic mass is 35.5. The molecule has 1 heterocycles. The Morgan fingerprint density at radius 1 is 1.24 bits per heavy atom. The van der Waals surface area contributed by atoms with Gasteiger partial charge in [-0.1, -0.05) is 42.3 Å². The van der Waals surface area contributed by atoms with Gasteiger partial charge in [-0.05, 0) is 36.7 Å². The molecule has 114 valence electrons. The van der Waals surface area contributed by atoms with Crippen molar-refractivity contribution in [2.45, 2.75) is 26.0 Å². The number of hydrogen-bond donors (Lipinski definition) is 1. The summed E-state index contributed by atoms with van der Waals surface area (Å²) in [7, 11) is 1.64. The number of furan rings is 1. The Morgan fingerprint density at radius 3 is 2.76 bits per heavy atom. The second-order valence-electron chi connectivity index (χ2n) is 4.77. The summed E-state index contributed by atoms with van der Waals surface area (Å²) >= 11 is 12.5. The fraction of sp³-hybridized carbons (Fsp3) is 0.375. The van der Waals surface area contributed by atoms with Gasteiger partial charge in [0, 0.05) is 7.11 Å². The van der Waals surface area contributed by atoms with Gasteiger partial charge in [-0.15, -0.1) is 0 Å². The van der Waals surface area contributed by atoms with Gasteiger partial charge in [0.1, 0.15) is 18.1 Å². The summed E-state index contributed by atoms with van der Waals surface area (Å²) in [4.78, 5) is 0. The lowest BCUT2D eigenvalue weighted by molar-refractivity contribution is 0.162. The molecule has 0 amide bonds. The van der Waals surface area contributed by atoms with Crippen LogP contribution in [0.1, 0.15) is 36.5 Å². The van der Waals surface area contributed by atoms with Gasteiger partial charge in [0.2, 0.25) is 0 Å². The summed E-state index contributed by atoms with van der Waals surface area (Å²) in [5.41, 5.74) is 0.913. The van der Waals surface area contributed by atoms with Crippen molar-refractivity contribution < 1.29 is 9.15 Å². The van der Waals surface area contributed by atoms with Gasteiger partial charge < -0.3 is 14.5 Å². The molecule has 21 heavy (non-hydrogen) atoms. The molecular formula is C16H19Cl2NO2. The number of rotatable bonds is 7. The van der Waals surface area contributed by atoms with Crippen LogP contribution < -0.4 is 5.32 Å². The van der Waals surface area contributed by atoms with Gasteiger partial charge in [0.05, 0.1) is 16.1 Å². The van der Waals surface area contributed by atoms with Gasteiger partial charge in [-0.3, -0.25) is 0 Å². The van der Waals surface area contributed by atoms with Crippen molar-refractivity contribution in [2.24, 2.45) is 0 Å². The highest BCUT2D eigenvalue weighted by Gasteiger charge is 2.21. The molecule has 3 nitrogen and oxygen atoms in total. The van der Waals surface area contributed by atoms with Crippen LogP contribution in [0.3, 0.4) is 0 Å². The molecule has 1 aromatic carbocycles. The first-order chi connectivity index (χ1) is 10.2. The number of nitrogens with one attached hydrogen (secondary N) is 1. The van der Waals surface area contributed by atoms with E-state index in [1.165, 1.54) is 0 Å². The average Bonchev–Trinajstić information content (AvgIpc) is 2.92. The maximum absolute atomic E-state index is 6.35. The van der Waals surface area contributed by atoms with E-state index in [0.717, 1.165) is 30.0 Å². The van der Waals surface area contributed by atoms with E-state index in [4.69, 9.17) is 32.4 Å². The van der Waals surface area contributed by atoms with Crippen molar-refractivity contribution >= 4 is 23.2 Å². The summed E-state index contributed by atoms with van der Waals surface area (Å²) in [6.07, 6.45) is 1.01. The van der Waals surface area contributed by atoms with Crippen LogP contribution >= 0.6 is 23.2 Å². The fourth-order valence-corrected chi connectivity index (χ4v) is 2.58. The van der Waals surface area contributed by atoms with Crippen molar-refractivity contribution in [3.63, 3.8) is 0 Å². The molecule has 0 bridgehead atoms. The normalized spacial score (nSPS) is 12.6. The molecular weight excluding hydrogens is 309 g/mol. The molecule has 0 aliphatic carbocycles. The Morgan fingerprint density at radius 2 is 2.05 bits per heavy atom. The van der Waals surface area contributed by atoms with Crippen molar-refractivity contribution in [1.82, 2.24) is 5.32 Å². The minimum atomic E-state index is -0.123. The summed E-state index contributed by atoms with van der Waals surface area (Å²) in [6, 6.07) is 9.37. The Labute approximate surface area is 135 Å². The van der Waals surface area contributed by atoms with Crippen molar-refractivity contribution in [2.75, 3.05) is 13.7 Å². The minimum absolute atomic E-state index is 0.123. The molecule has 2 rings (SSSR count). The maximum atomic E-state index is 6.35. The second kappa shape index (κ2) is 7.85.